The zero-order valence-corrected chi connectivity index (χ0v) is 13.3. The first-order valence-electron chi connectivity index (χ1n) is 7.16. The van der Waals surface area contributed by atoms with E-state index in [2.05, 4.69) is 11.8 Å². The smallest absolute Gasteiger partial charge is 0.156 e. The van der Waals surface area contributed by atoms with E-state index < -0.39 is 0 Å². The van der Waals surface area contributed by atoms with Gasteiger partial charge >= 0.3 is 0 Å². The van der Waals surface area contributed by atoms with Crippen LogP contribution >= 0.6 is 23.2 Å². The van der Waals surface area contributed by atoms with Crippen LogP contribution < -0.4 is 10.5 Å². The maximum atomic E-state index is 6.12. The molecule has 1 fully saturated rings. The molecule has 1 aliphatic rings. The molecule has 0 aromatic heterocycles. The lowest BCUT2D eigenvalue weighted by Crippen LogP contribution is -2.47. The monoisotopic (exact) mass is 316 g/mol. The number of hydrogen-bond donors (Lipinski definition) is 1. The van der Waals surface area contributed by atoms with E-state index in [0.717, 1.165) is 32.5 Å². The highest BCUT2D eigenvalue weighted by Gasteiger charge is 2.24. The summed E-state index contributed by atoms with van der Waals surface area (Å²) in [6.45, 7) is 5.77. The Balaban J connectivity index is 1.81. The second-order valence-corrected chi connectivity index (χ2v) is 6.14. The SMILES string of the molecule is CCC1CN(CCOc2c(Cl)cccc2Cl)CCC1N. The van der Waals surface area contributed by atoms with Crippen molar-refractivity contribution in [2.24, 2.45) is 11.7 Å². The quantitative estimate of drug-likeness (QED) is 0.904. The number of piperidine rings is 1. The second kappa shape index (κ2) is 7.51. The average molecular weight is 317 g/mol. The van der Waals surface area contributed by atoms with E-state index in [1.165, 1.54) is 0 Å². The van der Waals surface area contributed by atoms with Crippen LogP contribution in [0.4, 0.5) is 0 Å². The molecule has 2 N–H and O–H groups in total. The first-order valence-corrected chi connectivity index (χ1v) is 7.92. The minimum atomic E-state index is 0.343. The molecular formula is C15H22Cl2N2O. The van der Waals surface area contributed by atoms with Crippen molar-refractivity contribution >= 4 is 23.2 Å². The summed E-state index contributed by atoms with van der Waals surface area (Å²) in [5, 5.41) is 1.12. The molecule has 0 aliphatic carbocycles. The highest BCUT2D eigenvalue weighted by molar-refractivity contribution is 6.37. The van der Waals surface area contributed by atoms with E-state index in [4.69, 9.17) is 33.7 Å². The van der Waals surface area contributed by atoms with E-state index in [9.17, 15) is 0 Å². The number of para-hydroxylation sites is 1. The van der Waals surface area contributed by atoms with E-state index in [1.54, 1.807) is 12.1 Å². The molecule has 2 rings (SSSR count). The highest BCUT2D eigenvalue weighted by Crippen LogP contribution is 2.32. The fraction of sp³-hybridized carbons (Fsp3) is 0.600. The van der Waals surface area contributed by atoms with E-state index >= 15 is 0 Å². The number of nitrogens with zero attached hydrogens (tertiary/aromatic N) is 1. The van der Waals surface area contributed by atoms with Gasteiger partial charge in [0.15, 0.2) is 5.75 Å². The summed E-state index contributed by atoms with van der Waals surface area (Å²) in [5.74, 6) is 1.17. The molecule has 1 aromatic carbocycles. The van der Waals surface area contributed by atoms with Crippen LogP contribution in [0, 0.1) is 5.92 Å². The van der Waals surface area contributed by atoms with Crippen LogP contribution in [0.3, 0.4) is 0 Å². The van der Waals surface area contributed by atoms with Crippen molar-refractivity contribution in [1.29, 1.82) is 0 Å². The predicted molar refractivity (Wildman–Crippen MR) is 84.8 cm³/mol. The lowest BCUT2D eigenvalue weighted by Gasteiger charge is -2.36. The average Bonchev–Trinajstić information content (AvgIpc) is 2.44. The van der Waals surface area contributed by atoms with Crippen LogP contribution in [0.1, 0.15) is 19.8 Å². The summed E-state index contributed by atoms with van der Waals surface area (Å²) in [6, 6.07) is 5.73. The van der Waals surface area contributed by atoms with Crippen molar-refractivity contribution < 1.29 is 4.74 Å². The van der Waals surface area contributed by atoms with Crippen molar-refractivity contribution in [2.45, 2.75) is 25.8 Å². The van der Waals surface area contributed by atoms with Crippen LogP contribution in [0.2, 0.25) is 10.0 Å². The number of benzene rings is 1. The van der Waals surface area contributed by atoms with Crippen LogP contribution in [-0.4, -0.2) is 37.2 Å². The summed E-state index contributed by atoms with van der Waals surface area (Å²) >= 11 is 12.2. The highest BCUT2D eigenvalue weighted by atomic mass is 35.5. The molecule has 0 bridgehead atoms. The Hall–Kier alpha value is -0.480. The third-order valence-electron chi connectivity index (χ3n) is 3.97. The molecule has 0 saturated carbocycles. The zero-order chi connectivity index (χ0) is 14.5. The first kappa shape index (κ1) is 15.9. The summed E-state index contributed by atoms with van der Waals surface area (Å²) in [6.07, 6.45) is 2.19. The Labute approximate surface area is 131 Å². The molecule has 1 aromatic rings. The van der Waals surface area contributed by atoms with Crippen molar-refractivity contribution in [1.82, 2.24) is 4.90 Å². The Bertz CT molecular complexity index is 422. The Morgan fingerprint density at radius 2 is 2.05 bits per heavy atom. The van der Waals surface area contributed by atoms with E-state index in [1.807, 2.05) is 6.07 Å². The van der Waals surface area contributed by atoms with Crippen LogP contribution in [-0.2, 0) is 0 Å². The predicted octanol–water partition coefficient (Wildman–Crippen LogP) is 3.43. The fourth-order valence-corrected chi connectivity index (χ4v) is 3.16. The molecule has 2 unspecified atom stereocenters. The van der Waals surface area contributed by atoms with E-state index in [-0.39, 0.29) is 0 Å². The number of halogens is 2. The summed E-state index contributed by atoms with van der Waals surface area (Å²) in [5.41, 5.74) is 6.12. The maximum Gasteiger partial charge on any atom is 0.156 e. The second-order valence-electron chi connectivity index (χ2n) is 5.32. The number of ether oxygens (including phenoxy) is 1. The fourth-order valence-electron chi connectivity index (χ4n) is 2.66. The van der Waals surface area contributed by atoms with Crippen LogP contribution in [0.15, 0.2) is 18.2 Å². The van der Waals surface area contributed by atoms with Crippen molar-refractivity contribution in [3.63, 3.8) is 0 Å². The number of hydrogen-bond acceptors (Lipinski definition) is 3. The molecule has 1 saturated heterocycles. The minimum absolute atomic E-state index is 0.343. The molecule has 5 heteroatoms. The van der Waals surface area contributed by atoms with Gasteiger partial charge in [-0.15, -0.1) is 0 Å². The number of nitrogens with two attached hydrogens (primary N) is 1. The summed E-state index contributed by atoms with van der Waals surface area (Å²) < 4.78 is 5.73. The van der Waals surface area contributed by atoms with Gasteiger partial charge in [-0.05, 0) is 31.0 Å². The maximum absolute atomic E-state index is 6.12. The summed E-state index contributed by atoms with van der Waals surface area (Å²) in [4.78, 5) is 2.41. The molecule has 1 aliphatic heterocycles. The Kier molecular flexibility index (Phi) is 5.97. The topological polar surface area (TPSA) is 38.5 Å². The molecule has 0 amide bonds. The van der Waals surface area contributed by atoms with Crippen molar-refractivity contribution in [3.8, 4) is 5.75 Å². The van der Waals surface area contributed by atoms with Crippen LogP contribution in [0.5, 0.6) is 5.75 Å². The molecule has 0 spiro atoms. The normalized spacial score (nSPS) is 23.8. The summed E-state index contributed by atoms with van der Waals surface area (Å²) in [7, 11) is 0. The molecule has 112 valence electrons. The van der Waals surface area contributed by atoms with Gasteiger partial charge in [0.05, 0.1) is 10.0 Å². The van der Waals surface area contributed by atoms with Gasteiger partial charge in [0.2, 0.25) is 0 Å². The van der Waals surface area contributed by atoms with Gasteiger partial charge in [-0.25, -0.2) is 0 Å². The lowest BCUT2D eigenvalue weighted by molar-refractivity contribution is 0.130. The van der Waals surface area contributed by atoms with Crippen LogP contribution in [0.25, 0.3) is 0 Å². The first-order chi connectivity index (χ1) is 9.61. The number of rotatable bonds is 5. The van der Waals surface area contributed by atoms with Gasteiger partial charge < -0.3 is 10.5 Å². The third-order valence-corrected chi connectivity index (χ3v) is 4.57. The minimum Gasteiger partial charge on any atom is -0.489 e. The zero-order valence-electron chi connectivity index (χ0n) is 11.8. The molecule has 1 heterocycles. The standard InChI is InChI=1S/C15H22Cl2N2O/c1-2-11-10-19(7-6-14(11)18)8-9-20-15-12(16)4-3-5-13(15)17/h3-5,11,14H,2,6-10,18H2,1H3. The van der Waals surface area contributed by atoms with Gasteiger partial charge in [0, 0.05) is 19.1 Å². The molecule has 3 nitrogen and oxygen atoms in total. The van der Waals surface area contributed by atoms with Gasteiger partial charge in [-0.2, -0.15) is 0 Å². The van der Waals surface area contributed by atoms with Gasteiger partial charge in [0.1, 0.15) is 6.61 Å². The molecule has 20 heavy (non-hydrogen) atoms. The number of likely N-dealkylation sites (tertiary alicyclic amines) is 1. The van der Waals surface area contributed by atoms with Crippen molar-refractivity contribution in [2.75, 3.05) is 26.2 Å². The van der Waals surface area contributed by atoms with Gasteiger partial charge in [0.25, 0.3) is 0 Å². The largest absolute Gasteiger partial charge is 0.489 e. The molecule has 0 radical (unpaired) electrons. The van der Waals surface area contributed by atoms with Gasteiger partial charge in [-0.3, -0.25) is 4.90 Å². The molecule has 2 atom stereocenters. The third kappa shape index (κ3) is 4.01. The van der Waals surface area contributed by atoms with Crippen molar-refractivity contribution in [3.05, 3.63) is 28.2 Å². The molecular weight excluding hydrogens is 295 g/mol. The Morgan fingerprint density at radius 1 is 1.35 bits per heavy atom. The van der Waals surface area contributed by atoms with Gasteiger partial charge in [-0.1, -0.05) is 42.6 Å². The lowest BCUT2D eigenvalue weighted by atomic mass is 9.91. The Morgan fingerprint density at radius 3 is 2.70 bits per heavy atom. The van der Waals surface area contributed by atoms with E-state index in [0.29, 0.717) is 34.4 Å².